The van der Waals surface area contributed by atoms with Crippen molar-refractivity contribution in [2.45, 2.75) is 0 Å². The molecule has 8 nitrogen and oxygen atoms in total. The van der Waals surface area contributed by atoms with Crippen LogP contribution < -0.4 is 0 Å². The number of fused-ring (bicyclic) bond motifs is 12. The van der Waals surface area contributed by atoms with Gasteiger partial charge < -0.3 is 38.7 Å². The third kappa shape index (κ3) is 14.5. The number of benzene rings is 12. The maximum atomic E-state index is 11.6. The minimum absolute atomic E-state index is 0. The second-order valence-corrected chi connectivity index (χ2v) is 28.1. The first-order valence-electron chi connectivity index (χ1n) is 33.7. The zero-order valence-electron chi connectivity index (χ0n) is 57.4. The van der Waals surface area contributed by atoms with E-state index in [0.29, 0.717) is 42.3 Å². The van der Waals surface area contributed by atoms with Crippen molar-refractivity contribution in [2.75, 3.05) is 0 Å². The van der Waals surface area contributed by atoms with Crippen LogP contribution in [-0.4, -0.2) is 38.7 Å². The molecule has 0 aliphatic carbocycles. The molecule has 0 fully saturated rings. The summed E-state index contributed by atoms with van der Waals surface area (Å²) < 4.78 is 8.44. The van der Waals surface area contributed by atoms with Gasteiger partial charge in [-0.05, 0) is 48.5 Å². The van der Waals surface area contributed by atoms with E-state index in [1.807, 2.05) is 240 Å². The second-order valence-electron chi connectivity index (χ2n) is 24.6. The molecule has 514 valence electrons. The summed E-state index contributed by atoms with van der Waals surface area (Å²) in [5.41, 5.74) is 15.4. The van der Waals surface area contributed by atoms with Gasteiger partial charge >= 0.3 is 26.2 Å². The molecule has 8 aromatic heterocycles. The van der Waals surface area contributed by atoms with Crippen LogP contribution in [0.1, 0.15) is 22.3 Å². The van der Waals surface area contributed by atoms with Gasteiger partial charge in [0.25, 0.3) is 0 Å². The Balaban J connectivity index is 0.000000135. The SMILES string of the molecule is Oc1c(-n2c3ccccc3c3ccccc32)csc1-c1scc(-n2c3ccccc3c3ccccc32)c1O.Oc1c(-n2c3ccccc3c3ccccc32)csc1-c1scc(-n2c3ccccc3c3ccccc32)c1O.[CH2-]c1ccccc1.[CH2-]c1ccccc1.[CH2-]c1ccccc1.[CH2-]c1ccccc1.[Hf].[Zr+2]. The van der Waals surface area contributed by atoms with Crippen molar-refractivity contribution < 1.29 is 72.5 Å². The Morgan fingerprint density at radius 3 is 0.462 bits per heavy atom. The van der Waals surface area contributed by atoms with E-state index in [-0.39, 0.29) is 75.0 Å². The number of aromatic nitrogens is 4. The van der Waals surface area contributed by atoms with Gasteiger partial charge in [0, 0.05) is 90.5 Å². The summed E-state index contributed by atoms with van der Waals surface area (Å²) in [4.78, 5) is 2.65. The molecule has 0 spiro atoms. The van der Waals surface area contributed by atoms with Crippen LogP contribution in [0.5, 0.6) is 23.0 Å². The summed E-state index contributed by atoms with van der Waals surface area (Å²) >= 11 is 5.79. The van der Waals surface area contributed by atoms with Gasteiger partial charge in [-0.3, -0.25) is 0 Å². The van der Waals surface area contributed by atoms with Gasteiger partial charge in [-0.2, -0.15) is 98.5 Å². The minimum atomic E-state index is 0. The second kappa shape index (κ2) is 33.0. The first-order valence-corrected chi connectivity index (χ1v) is 37.2. The molecule has 0 radical (unpaired) electrons. The van der Waals surface area contributed by atoms with Gasteiger partial charge in [-0.15, -0.1) is 93.9 Å². The predicted octanol–water partition coefficient (Wildman–Crippen LogP) is 25.6. The molecule has 14 heteroatoms. The third-order valence-corrected chi connectivity index (χ3v) is 22.2. The summed E-state index contributed by atoms with van der Waals surface area (Å²) in [5, 5.41) is 63.3. The van der Waals surface area contributed by atoms with E-state index in [2.05, 4.69) is 143 Å². The van der Waals surface area contributed by atoms with Crippen LogP contribution in [0.2, 0.25) is 0 Å². The quantitative estimate of drug-likeness (QED) is 0.0984. The molecule has 20 aromatic rings. The molecule has 0 atom stereocenters. The fourth-order valence-corrected chi connectivity index (χ4v) is 17.3. The molecule has 106 heavy (non-hydrogen) atoms. The summed E-state index contributed by atoms with van der Waals surface area (Å²) in [6.45, 7) is 14.9. The van der Waals surface area contributed by atoms with E-state index < -0.39 is 0 Å². The molecular weight excluding hydrogens is 1620 g/mol. The van der Waals surface area contributed by atoms with Gasteiger partial charge in [0.05, 0.1) is 86.4 Å². The van der Waals surface area contributed by atoms with Gasteiger partial charge in [0.15, 0.2) is 23.0 Å². The molecule has 0 aliphatic rings. The van der Waals surface area contributed by atoms with E-state index in [1.165, 1.54) is 45.3 Å². The van der Waals surface area contributed by atoms with Crippen molar-refractivity contribution in [3.05, 3.63) is 387 Å². The number of nitrogens with zero attached hydrogens (tertiary/aromatic N) is 4. The van der Waals surface area contributed by atoms with Crippen molar-refractivity contribution in [2.24, 2.45) is 0 Å². The molecule has 0 amide bonds. The molecule has 0 saturated heterocycles. The van der Waals surface area contributed by atoms with Crippen molar-refractivity contribution in [3.63, 3.8) is 0 Å². The number of aromatic hydroxyl groups is 4. The Morgan fingerprint density at radius 1 is 0.198 bits per heavy atom. The van der Waals surface area contributed by atoms with E-state index in [0.717, 1.165) is 109 Å². The van der Waals surface area contributed by atoms with Crippen LogP contribution in [-0.2, 0) is 52.0 Å². The van der Waals surface area contributed by atoms with E-state index in [4.69, 9.17) is 0 Å². The summed E-state index contributed by atoms with van der Waals surface area (Å²) in [7, 11) is 0. The number of hydrogen-bond donors (Lipinski definition) is 4. The number of thiophene rings is 4. The molecular formula is C92H68HfN4O4S4Zr-2. The smallest absolute Gasteiger partial charge is 0.504 e. The van der Waals surface area contributed by atoms with Crippen LogP contribution in [0.15, 0.2) is 337 Å². The Kier molecular flexibility index (Phi) is 22.9. The first kappa shape index (κ1) is 73.4. The summed E-state index contributed by atoms with van der Waals surface area (Å²) in [6, 6.07) is 105. The van der Waals surface area contributed by atoms with Crippen LogP contribution in [0.3, 0.4) is 0 Å². The van der Waals surface area contributed by atoms with Crippen molar-refractivity contribution in [1.82, 2.24) is 18.3 Å². The zero-order chi connectivity index (χ0) is 71.2. The van der Waals surface area contributed by atoms with Gasteiger partial charge in [-0.1, -0.05) is 170 Å². The van der Waals surface area contributed by atoms with Crippen molar-refractivity contribution >= 4 is 133 Å². The molecule has 0 aliphatic heterocycles. The third-order valence-electron chi connectivity index (χ3n) is 18.1. The molecule has 8 heterocycles. The van der Waals surface area contributed by atoms with E-state index >= 15 is 0 Å². The van der Waals surface area contributed by atoms with Crippen molar-refractivity contribution in [1.29, 1.82) is 0 Å². The summed E-state index contributed by atoms with van der Waals surface area (Å²) in [5.74, 6) is 0.694. The number of rotatable bonds is 6. The largest absolute Gasteiger partial charge is 2.00 e. The summed E-state index contributed by atoms with van der Waals surface area (Å²) in [6.07, 6.45) is 0. The monoisotopic (exact) mass is 1690 g/mol. The maximum Gasteiger partial charge on any atom is 2.00 e. The van der Waals surface area contributed by atoms with Crippen LogP contribution in [0, 0.1) is 27.7 Å². The topological polar surface area (TPSA) is 101 Å². The average Bonchev–Trinajstić information content (AvgIpc) is 1.60. The minimum Gasteiger partial charge on any atom is -0.504 e. The van der Waals surface area contributed by atoms with Gasteiger partial charge in [-0.25, -0.2) is 0 Å². The van der Waals surface area contributed by atoms with Crippen LogP contribution in [0.4, 0.5) is 0 Å². The van der Waals surface area contributed by atoms with Gasteiger partial charge in [0.2, 0.25) is 0 Å². The Morgan fingerprint density at radius 2 is 0.330 bits per heavy atom. The van der Waals surface area contributed by atoms with E-state index in [1.54, 1.807) is 0 Å². The molecule has 20 rings (SSSR count). The average molecular weight is 1690 g/mol. The molecule has 12 aromatic carbocycles. The predicted molar refractivity (Wildman–Crippen MR) is 443 cm³/mol. The van der Waals surface area contributed by atoms with Crippen molar-refractivity contribution in [3.8, 4) is 65.3 Å². The zero-order valence-corrected chi connectivity index (χ0v) is 66.7. The Hall–Kier alpha value is -10.9. The maximum absolute atomic E-state index is 11.6. The Labute approximate surface area is 669 Å². The van der Waals surface area contributed by atoms with Crippen LogP contribution >= 0.6 is 45.3 Å². The first-order chi connectivity index (χ1) is 51.0. The molecule has 0 bridgehead atoms. The van der Waals surface area contributed by atoms with Gasteiger partial charge in [0.1, 0.15) is 0 Å². The number of hydrogen-bond acceptors (Lipinski definition) is 8. The number of para-hydroxylation sites is 8. The van der Waals surface area contributed by atoms with Crippen LogP contribution in [0.25, 0.3) is 129 Å². The molecule has 0 saturated carbocycles. The fourth-order valence-electron chi connectivity index (χ4n) is 13.3. The normalized spacial score (nSPS) is 10.8. The Bertz CT molecular complexity index is 5380. The fraction of sp³-hybridized carbons (Fsp3) is 0. The molecule has 4 N–H and O–H groups in total. The standard InChI is InChI=1S/2C32H20N2O2S2.4C7H7.Hf.Zr/c2*35-29-27(33-23-13-5-1-9-19(23)20-10-2-6-14-24(20)33)17-37-31(29)32-30(36)28(18-38-32)34-25-15-7-3-11-21(25)22-12-4-8-16-26(22)34;4*1-7-5-3-2-4-6-7;;/h2*1-18,35-36H;4*2-6H,1H2;;/q;;4*-1;;+2. The van der Waals surface area contributed by atoms with E-state index in [9.17, 15) is 20.4 Å². The molecule has 0 unspecified atom stereocenters.